The molecule has 1 fully saturated rings. The quantitative estimate of drug-likeness (QED) is 0.839. The molecule has 2 rings (SSSR count). The molecule has 0 atom stereocenters. The van der Waals surface area contributed by atoms with Gasteiger partial charge in [-0.05, 0) is 25.3 Å². The van der Waals surface area contributed by atoms with Crippen molar-refractivity contribution in [2.24, 2.45) is 5.92 Å². The Kier molecular flexibility index (Phi) is 4.58. The van der Waals surface area contributed by atoms with Crippen molar-refractivity contribution in [1.82, 2.24) is 15.6 Å². The highest BCUT2D eigenvalue weighted by molar-refractivity contribution is 7.09. The average Bonchev–Trinajstić information content (AvgIpc) is 3.01. The summed E-state index contributed by atoms with van der Waals surface area (Å²) in [4.78, 5) is 16.2. The average molecular weight is 281 g/mol. The molecule has 2 N–H and O–H groups in total. The first-order chi connectivity index (χ1) is 8.95. The summed E-state index contributed by atoms with van der Waals surface area (Å²) >= 11 is 1.61. The Bertz CT molecular complexity index is 432. The number of hydrogen-bond donors (Lipinski definition) is 2. The van der Waals surface area contributed by atoms with Gasteiger partial charge in [-0.1, -0.05) is 20.8 Å². The minimum atomic E-state index is 0.0492. The fraction of sp³-hybridized carbons (Fsp3) is 0.714. The standard InChI is InChI=1S/C14H23N3OS/c1-14(2,3)11-9-19-13(17-11)8-16-12(18)7-15-6-10-4-5-10/h9-10,15H,4-8H2,1-3H3,(H,16,18). The van der Waals surface area contributed by atoms with Crippen LogP contribution in [0.4, 0.5) is 0 Å². The van der Waals surface area contributed by atoms with E-state index in [1.54, 1.807) is 11.3 Å². The van der Waals surface area contributed by atoms with Crippen LogP contribution < -0.4 is 10.6 Å². The minimum Gasteiger partial charge on any atom is -0.348 e. The van der Waals surface area contributed by atoms with Gasteiger partial charge in [0.05, 0.1) is 18.8 Å². The van der Waals surface area contributed by atoms with Crippen LogP contribution in [0.2, 0.25) is 0 Å². The topological polar surface area (TPSA) is 54.0 Å². The molecule has 1 amide bonds. The van der Waals surface area contributed by atoms with E-state index >= 15 is 0 Å². The largest absolute Gasteiger partial charge is 0.348 e. The molecule has 0 radical (unpaired) electrons. The molecule has 106 valence electrons. The van der Waals surface area contributed by atoms with Gasteiger partial charge in [0.2, 0.25) is 5.91 Å². The lowest BCUT2D eigenvalue weighted by Crippen LogP contribution is -2.34. The van der Waals surface area contributed by atoms with Crippen LogP contribution in [0.15, 0.2) is 5.38 Å². The molecule has 1 heterocycles. The van der Waals surface area contributed by atoms with E-state index in [0.717, 1.165) is 23.2 Å². The summed E-state index contributed by atoms with van der Waals surface area (Å²) in [7, 11) is 0. The van der Waals surface area contributed by atoms with Crippen molar-refractivity contribution >= 4 is 17.2 Å². The van der Waals surface area contributed by atoms with Crippen molar-refractivity contribution in [3.05, 3.63) is 16.1 Å². The highest BCUT2D eigenvalue weighted by Crippen LogP contribution is 2.27. The minimum absolute atomic E-state index is 0.0492. The fourth-order valence-corrected chi connectivity index (χ4v) is 2.65. The number of hydrogen-bond acceptors (Lipinski definition) is 4. The Morgan fingerprint density at radius 2 is 2.21 bits per heavy atom. The first-order valence-electron chi connectivity index (χ1n) is 6.87. The Labute approximate surface area is 119 Å². The molecule has 1 aromatic heterocycles. The summed E-state index contributed by atoms with van der Waals surface area (Å²) in [6.07, 6.45) is 2.62. The molecule has 1 aliphatic carbocycles. The smallest absolute Gasteiger partial charge is 0.234 e. The number of nitrogens with zero attached hydrogens (tertiary/aromatic N) is 1. The zero-order valence-electron chi connectivity index (χ0n) is 12.0. The lowest BCUT2D eigenvalue weighted by molar-refractivity contribution is -0.120. The van der Waals surface area contributed by atoms with Gasteiger partial charge in [0.15, 0.2) is 0 Å². The maximum atomic E-state index is 11.6. The number of nitrogens with one attached hydrogen (secondary N) is 2. The normalized spacial score (nSPS) is 15.5. The Morgan fingerprint density at radius 1 is 1.47 bits per heavy atom. The Morgan fingerprint density at radius 3 is 2.79 bits per heavy atom. The third kappa shape index (κ3) is 4.91. The SMILES string of the molecule is CC(C)(C)c1csc(CNC(=O)CNCC2CC2)n1. The second kappa shape index (κ2) is 6.01. The second-order valence-corrected chi connectivity index (χ2v) is 7.17. The van der Waals surface area contributed by atoms with E-state index in [2.05, 4.69) is 41.8 Å². The van der Waals surface area contributed by atoms with Crippen molar-refractivity contribution in [3.8, 4) is 0 Å². The van der Waals surface area contributed by atoms with Crippen LogP contribution in [-0.2, 0) is 16.8 Å². The molecule has 0 unspecified atom stereocenters. The Balaban J connectivity index is 1.69. The van der Waals surface area contributed by atoms with Crippen molar-refractivity contribution in [2.45, 2.75) is 45.6 Å². The number of rotatable bonds is 6. The number of carbonyl (C=O) groups is 1. The summed E-state index contributed by atoms with van der Waals surface area (Å²) in [6.45, 7) is 8.35. The lowest BCUT2D eigenvalue weighted by atomic mass is 9.93. The third-order valence-corrected chi connectivity index (χ3v) is 4.02. The van der Waals surface area contributed by atoms with Crippen LogP contribution >= 0.6 is 11.3 Å². The zero-order chi connectivity index (χ0) is 13.9. The molecule has 1 saturated carbocycles. The van der Waals surface area contributed by atoms with Gasteiger partial charge in [0, 0.05) is 10.8 Å². The zero-order valence-corrected chi connectivity index (χ0v) is 12.8. The molecular weight excluding hydrogens is 258 g/mol. The number of amides is 1. The van der Waals surface area contributed by atoms with Gasteiger partial charge < -0.3 is 10.6 Å². The van der Waals surface area contributed by atoms with Crippen LogP contribution in [0.3, 0.4) is 0 Å². The monoisotopic (exact) mass is 281 g/mol. The van der Waals surface area contributed by atoms with E-state index in [1.165, 1.54) is 12.8 Å². The third-order valence-electron chi connectivity index (χ3n) is 3.17. The van der Waals surface area contributed by atoms with Gasteiger partial charge in [-0.3, -0.25) is 4.79 Å². The summed E-state index contributed by atoms with van der Waals surface area (Å²) in [5.41, 5.74) is 1.17. The van der Waals surface area contributed by atoms with E-state index in [9.17, 15) is 4.79 Å². The summed E-state index contributed by atoms with van der Waals surface area (Å²) in [6, 6.07) is 0. The van der Waals surface area contributed by atoms with Crippen molar-refractivity contribution in [2.75, 3.05) is 13.1 Å². The van der Waals surface area contributed by atoms with E-state index in [-0.39, 0.29) is 11.3 Å². The maximum absolute atomic E-state index is 11.6. The predicted molar refractivity (Wildman–Crippen MR) is 78.3 cm³/mol. The van der Waals surface area contributed by atoms with Gasteiger partial charge in [0.1, 0.15) is 5.01 Å². The number of carbonyl (C=O) groups excluding carboxylic acids is 1. The molecular formula is C14H23N3OS. The molecule has 0 bridgehead atoms. The van der Waals surface area contributed by atoms with Crippen LogP contribution in [0.25, 0.3) is 0 Å². The predicted octanol–water partition coefficient (Wildman–Crippen LogP) is 2.06. The van der Waals surface area contributed by atoms with E-state index in [4.69, 9.17) is 0 Å². The highest BCUT2D eigenvalue weighted by atomic mass is 32.1. The van der Waals surface area contributed by atoms with Crippen molar-refractivity contribution < 1.29 is 4.79 Å². The van der Waals surface area contributed by atoms with Gasteiger partial charge in [-0.2, -0.15) is 0 Å². The molecule has 0 saturated heterocycles. The van der Waals surface area contributed by atoms with Crippen molar-refractivity contribution in [1.29, 1.82) is 0 Å². The van der Waals surface area contributed by atoms with Crippen LogP contribution in [0, 0.1) is 5.92 Å². The molecule has 1 aliphatic rings. The summed E-state index contributed by atoms with van der Waals surface area (Å²) in [5, 5.41) is 9.14. The molecule has 0 spiro atoms. The summed E-state index contributed by atoms with van der Waals surface area (Å²) in [5.74, 6) is 0.856. The van der Waals surface area contributed by atoms with E-state index in [1.807, 2.05) is 0 Å². The lowest BCUT2D eigenvalue weighted by Gasteiger charge is -2.14. The van der Waals surface area contributed by atoms with Crippen LogP contribution in [-0.4, -0.2) is 24.0 Å². The molecule has 5 heteroatoms. The van der Waals surface area contributed by atoms with Gasteiger partial charge in [-0.25, -0.2) is 4.98 Å². The molecule has 1 aromatic rings. The first-order valence-corrected chi connectivity index (χ1v) is 7.75. The van der Waals surface area contributed by atoms with Crippen molar-refractivity contribution in [3.63, 3.8) is 0 Å². The molecule has 19 heavy (non-hydrogen) atoms. The van der Waals surface area contributed by atoms with E-state index in [0.29, 0.717) is 13.1 Å². The molecule has 0 aromatic carbocycles. The van der Waals surface area contributed by atoms with Gasteiger partial charge >= 0.3 is 0 Å². The van der Waals surface area contributed by atoms with E-state index < -0.39 is 0 Å². The molecule has 4 nitrogen and oxygen atoms in total. The summed E-state index contributed by atoms with van der Waals surface area (Å²) < 4.78 is 0. The highest BCUT2D eigenvalue weighted by Gasteiger charge is 2.20. The number of aromatic nitrogens is 1. The maximum Gasteiger partial charge on any atom is 0.234 e. The van der Waals surface area contributed by atoms with Gasteiger partial charge in [0.25, 0.3) is 0 Å². The Hall–Kier alpha value is -0.940. The van der Waals surface area contributed by atoms with Crippen LogP contribution in [0.1, 0.15) is 44.3 Å². The molecule has 0 aliphatic heterocycles. The van der Waals surface area contributed by atoms with Gasteiger partial charge in [-0.15, -0.1) is 11.3 Å². The van der Waals surface area contributed by atoms with Crippen LogP contribution in [0.5, 0.6) is 0 Å². The number of thiazole rings is 1. The fourth-order valence-electron chi connectivity index (χ4n) is 1.69. The second-order valence-electron chi connectivity index (χ2n) is 6.23. The first kappa shape index (κ1) is 14.5.